The van der Waals surface area contributed by atoms with Crippen molar-refractivity contribution < 1.29 is 0 Å². The van der Waals surface area contributed by atoms with Crippen LogP contribution >= 0.6 is 22.9 Å². The quantitative estimate of drug-likeness (QED) is 0.843. The highest BCUT2D eigenvalue weighted by atomic mass is 35.5. The molecule has 0 radical (unpaired) electrons. The van der Waals surface area contributed by atoms with E-state index >= 15 is 0 Å². The summed E-state index contributed by atoms with van der Waals surface area (Å²) in [6.07, 6.45) is 0. The summed E-state index contributed by atoms with van der Waals surface area (Å²) >= 11 is 7.53. The molecule has 1 N–H and O–H groups in total. The second-order valence-electron chi connectivity index (χ2n) is 3.43. The maximum atomic E-state index is 5.88. The lowest BCUT2D eigenvalue weighted by atomic mass is 10.3. The molecular formula is C10H11ClN2S. The number of hydrogen-bond acceptors (Lipinski definition) is 3. The number of hydrogen-bond donors (Lipinski definition) is 1. The predicted octanol–water partition coefficient (Wildman–Crippen LogP) is 3.77. The molecule has 14 heavy (non-hydrogen) atoms. The minimum absolute atomic E-state index is 0.408. The van der Waals surface area contributed by atoms with Gasteiger partial charge in [-0.15, -0.1) is 0 Å². The first-order chi connectivity index (χ1) is 6.65. The van der Waals surface area contributed by atoms with Gasteiger partial charge in [0.1, 0.15) is 0 Å². The van der Waals surface area contributed by atoms with Gasteiger partial charge in [-0.05, 0) is 32.0 Å². The molecule has 0 amide bonds. The number of nitrogens with zero attached hydrogens (tertiary/aromatic N) is 1. The molecule has 0 spiro atoms. The summed E-state index contributed by atoms with van der Waals surface area (Å²) in [6.45, 7) is 4.19. The van der Waals surface area contributed by atoms with Crippen molar-refractivity contribution in [3.05, 3.63) is 23.2 Å². The van der Waals surface area contributed by atoms with Crippen molar-refractivity contribution in [1.82, 2.24) is 4.98 Å². The molecule has 0 fully saturated rings. The smallest absolute Gasteiger partial charge is 0.183 e. The number of rotatable bonds is 2. The first kappa shape index (κ1) is 9.74. The Kier molecular flexibility index (Phi) is 2.61. The average Bonchev–Trinajstić information content (AvgIpc) is 2.44. The molecule has 0 aliphatic rings. The topological polar surface area (TPSA) is 24.9 Å². The van der Waals surface area contributed by atoms with Crippen molar-refractivity contribution in [2.45, 2.75) is 19.9 Å². The summed E-state index contributed by atoms with van der Waals surface area (Å²) in [5.74, 6) is 0. The van der Waals surface area contributed by atoms with E-state index in [4.69, 9.17) is 11.6 Å². The summed E-state index contributed by atoms with van der Waals surface area (Å²) in [5, 5.41) is 4.97. The van der Waals surface area contributed by atoms with E-state index in [0.29, 0.717) is 6.04 Å². The predicted molar refractivity (Wildman–Crippen MR) is 63.4 cm³/mol. The minimum Gasteiger partial charge on any atom is -0.359 e. The van der Waals surface area contributed by atoms with Crippen LogP contribution in [-0.4, -0.2) is 11.0 Å². The number of aromatic nitrogens is 1. The van der Waals surface area contributed by atoms with Crippen molar-refractivity contribution in [3.8, 4) is 0 Å². The second-order valence-corrected chi connectivity index (χ2v) is 4.90. The van der Waals surface area contributed by atoms with Crippen molar-refractivity contribution in [1.29, 1.82) is 0 Å². The largest absolute Gasteiger partial charge is 0.359 e. The molecule has 2 rings (SSSR count). The monoisotopic (exact) mass is 226 g/mol. The highest BCUT2D eigenvalue weighted by Gasteiger charge is 2.04. The Labute approximate surface area is 91.9 Å². The lowest BCUT2D eigenvalue weighted by Gasteiger charge is -2.03. The fraction of sp³-hybridized carbons (Fsp3) is 0.300. The zero-order valence-electron chi connectivity index (χ0n) is 8.04. The molecule has 0 bridgehead atoms. The first-order valence-electron chi connectivity index (χ1n) is 4.48. The lowest BCUT2D eigenvalue weighted by molar-refractivity contribution is 0.897. The highest BCUT2D eigenvalue weighted by Crippen LogP contribution is 2.28. The first-order valence-corrected chi connectivity index (χ1v) is 5.67. The van der Waals surface area contributed by atoms with Crippen LogP contribution in [0.5, 0.6) is 0 Å². The zero-order valence-corrected chi connectivity index (χ0v) is 9.62. The van der Waals surface area contributed by atoms with Crippen LogP contribution in [0.2, 0.25) is 5.02 Å². The third-order valence-corrected chi connectivity index (χ3v) is 2.96. The van der Waals surface area contributed by atoms with Gasteiger partial charge in [0.15, 0.2) is 5.13 Å². The van der Waals surface area contributed by atoms with Crippen molar-refractivity contribution in [3.63, 3.8) is 0 Å². The molecule has 0 saturated carbocycles. The van der Waals surface area contributed by atoms with Crippen LogP contribution in [-0.2, 0) is 0 Å². The van der Waals surface area contributed by atoms with Gasteiger partial charge in [0.2, 0.25) is 0 Å². The van der Waals surface area contributed by atoms with E-state index in [1.165, 1.54) is 0 Å². The molecule has 0 atom stereocenters. The van der Waals surface area contributed by atoms with Gasteiger partial charge >= 0.3 is 0 Å². The number of thiazole rings is 1. The van der Waals surface area contributed by atoms with E-state index in [1.807, 2.05) is 18.2 Å². The van der Waals surface area contributed by atoms with Crippen LogP contribution in [0.25, 0.3) is 10.2 Å². The Morgan fingerprint density at radius 2 is 2.21 bits per heavy atom. The third kappa shape index (κ3) is 1.99. The van der Waals surface area contributed by atoms with Crippen LogP contribution in [0.1, 0.15) is 13.8 Å². The van der Waals surface area contributed by atoms with E-state index in [-0.39, 0.29) is 0 Å². The van der Waals surface area contributed by atoms with Crippen LogP contribution in [0.3, 0.4) is 0 Å². The number of anilines is 1. The average molecular weight is 227 g/mol. The van der Waals surface area contributed by atoms with Crippen LogP contribution in [0.4, 0.5) is 5.13 Å². The molecule has 0 aliphatic carbocycles. The van der Waals surface area contributed by atoms with E-state index in [9.17, 15) is 0 Å². The van der Waals surface area contributed by atoms with Gasteiger partial charge in [-0.3, -0.25) is 0 Å². The standard InChI is InChI=1S/C10H11ClN2S/c1-6(2)12-10-13-8-5-7(11)3-4-9(8)14-10/h3-6H,1-2H3,(H,12,13). The van der Waals surface area contributed by atoms with E-state index in [0.717, 1.165) is 20.4 Å². The summed E-state index contributed by atoms with van der Waals surface area (Å²) in [6, 6.07) is 6.19. The molecule has 74 valence electrons. The molecule has 1 aromatic heterocycles. The molecule has 2 aromatic rings. The van der Waals surface area contributed by atoms with Gasteiger partial charge in [0.05, 0.1) is 10.2 Å². The van der Waals surface area contributed by atoms with Gasteiger partial charge in [-0.2, -0.15) is 0 Å². The number of halogens is 1. The second kappa shape index (κ2) is 3.75. The lowest BCUT2D eigenvalue weighted by Crippen LogP contribution is -2.08. The maximum Gasteiger partial charge on any atom is 0.183 e. The van der Waals surface area contributed by atoms with Gasteiger partial charge in [0.25, 0.3) is 0 Å². The third-order valence-electron chi connectivity index (χ3n) is 1.76. The van der Waals surface area contributed by atoms with E-state index in [1.54, 1.807) is 11.3 Å². The van der Waals surface area contributed by atoms with Crippen LogP contribution in [0.15, 0.2) is 18.2 Å². The van der Waals surface area contributed by atoms with E-state index in [2.05, 4.69) is 24.1 Å². The molecule has 0 aliphatic heterocycles. The number of nitrogens with one attached hydrogen (secondary N) is 1. The van der Waals surface area contributed by atoms with Crippen molar-refractivity contribution in [2.75, 3.05) is 5.32 Å². The van der Waals surface area contributed by atoms with Crippen molar-refractivity contribution in [2.24, 2.45) is 0 Å². The minimum atomic E-state index is 0.408. The molecule has 0 unspecified atom stereocenters. The summed E-state index contributed by atoms with van der Waals surface area (Å²) in [7, 11) is 0. The molecule has 0 saturated heterocycles. The zero-order chi connectivity index (χ0) is 10.1. The molecule has 4 heteroatoms. The number of benzene rings is 1. The maximum absolute atomic E-state index is 5.88. The Balaban J connectivity index is 2.41. The fourth-order valence-electron chi connectivity index (χ4n) is 1.21. The number of fused-ring (bicyclic) bond motifs is 1. The normalized spacial score (nSPS) is 11.1. The molecule has 2 nitrogen and oxygen atoms in total. The Morgan fingerprint density at radius 3 is 2.93 bits per heavy atom. The summed E-state index contributed by atoms with van der Waals surface area (Å²) in [5.41, 5.74) is 0.964. The van der Waals surface area contributed by atoms with E-state index < -0.39 is 0 Å². The van der Waals surface area contributed by atoms with Gasteiger partial charge in [-0.1, -0.05) is 22.9 Å². The Morgan fingerprint density at radius 1 is 1.43 bits per heavy atom. The SMILES string of the molecule is CC(C)Nc1nc2cc(Cl)ccc2s1. The fourth-order valence-corrected chi connectivity index (χ4v) is 2.37. The molecule has 1 aromatic carbocycles. The highest BCUT2D eigenvalue weighted by molar-refractivity contribution is 7.22. The van der Waals surface area contributed by atoms with Crippen LogP contribution in [0, 0.1) is 0 Å². The summed E-state index contributed by atoms with van der Waals surface area (Å²) < 4.78 is 1.16. The molecular weight excluding hydrogens is 216 g/mol. The van der Waals surface area contributed by atoms with Crippen LogP contribution < -0.4 is 5.32 Å². The molecule has 1 heterocycles. The summed E-state index contributed by atoms with van der Waals surface area (Å²) in [4.78, 5) is 4.44. The Bertz CT molecular complexity index is 450. The van der Waals surface area contributed by atoms with Gasteiger partial charge in [-0.25, -0.2) is 4.98 Å². The van der Waals surface area contributed by atoms with Crippen molar-refractivity contribution >= 4 is 38.3 Å². The van der Waals surface area contributed by atoms with Gasteiger partial charge < -0.3 is 5.32 Å². The van der Waals surface area contributed by atoms with Gasteiger partial charge in [0, 0.05) is 11.1 Å². The Hall–Kier alpha value is -0.800.